The Morgan fingerprint density at radius 3 is 2.51 bits per heavy atom. The lowest BCUT2D eigenvalue weighted by Gasteiger charge is -2.37. The quantitative estimate of drug-likeness (QED) is 0.414. The Balaban J connectivity index is 1.34. The zero-order valence-corrected chi connectivity index (χ0v) is 24.0. The maximum absolute atomic E-state index is 14.3. The van der Waals surface area contributed by atoms with Crippen LogP contribution in [0.4, 0.5) is 18.4 Å². The molecule has 1 saturated heterocycles. The number of urea groups is 2. The van der Waals surface area contributed by atoms with Crippen LogP contribution in [0.3, 0.4) is 0 Å². The van der Waals surface area contributed by atoms with Gasteiger partial charge in [-0.25, -0.2) is 28.1 Å². The minimum absolute atomic E-state index is 0.0199. The number of amides is 4. The zero-order valence-electron chi connectivity index (χ0n) is 24.0. The van der Waals surface area contributed by atoms with Gasteiger partial charge in [-0.15, -0.1) is 0 Å². The summed E-state index contributed by atoms with van der Waals surface area (Å²) in [4.78, 5) is 47.3. The molecule has 1 saturated carbocycles. The molecule has 5 rings (SSSR count). The average Bonchev–Trinajstić information content (AvgIpc) is 3.38. The first-order chi connectivity index (χ1) is 20.7. The molecule has 3 aliphatic rings. The molecule has 1 aromatic carbocycles. The van der Waals surface area contributed by atoms with Crippen molar-refractivity contribution in [3.63, 3.8) is 0 Å². The van der Waals surface area contributed by atoms with E-state index >= 15 is 0 Å². The minimum atomic E-state index is -1.46. The summed E-state index contributed by atoms with van der Waals surface area (Å²) in [7, 11) is 2.47. The second-order valence-electron chi connectivity index (χ2n) is 11.0. The molecule has 0 spiro atoms. The van der Waals surface area contributed by atoms with E-state index in [2.05, 4.69) is 20.5 Å². The molecule has 3 N–H and O–H groups in total. The number of esters is 1. The molecule has 230 valence electrons. The highest BCUT2D eigenvalue weighted by molar-refractivity contribution is 6.01. The fourth-order valence-corrected chi connectivity index (χ4v) is 6.32. The van der Waals surface area contributed by atoms with E-state index in [-0.39, 0.29) is 29.5 Å². The first kappa shape index (κ1) is 30.5. The number of ether oxygens (including phenoxy) is 2. The molecular formula is C30H35F2N5O6. The van der Waals surface area contributed by atoms with Crippen LogP contribution in [0.5, 0.6) is 0 Å². The lowest BCUT2D eigenvalue weighted by molar-refractivity contribution is -0.137. The number of carbonyl (C=O) groups excluding carboxylic acids is 3. The Labute approximate surface area is 247 Å². The summed E-state index contributed by atoms with van der Waals surface area (Å²) in [5.74, 6) is -2.87. The summed E-state index contributed by atoms with van der Waals surface area (Å²) in [5.41, 5.74) is 0.892. The van der Waals surface area contributed by atoms with Crippen LogP contribution in [-0.4, -0.2) is 90.0 Å². The predicted octanol–water partition coefficient (Wildman–Crippen LogP) is 2.98. The molecule has 2 aromatic rings. The number of hydrogen-bond acceptors (Lipinski definition) is 8. The highest BCUT2D eigenvalue weighted by Crippen LogP contribution is 2.37. The first-order valence-corrected chi connectivity index (χ1v) is 14.2. The highest BCUT2D eigenvalue weighted by Gasteiger charge is 2.45. The molecule has 2 fully saturated rings. The molecule has 11 nitrogen and oxygen atoms in total. The number of halogens is 2. The number of benzene rings is 1. The van der Waals surface area contributed by atoms with Crippen LogP contribution in [-0.2, 0) is 14.3 Å². The van der Waals surface area contributed by atoms with Crippen LogP contribution in [0.15, 0.2) is 53.9 Å². The van der Waals surface area contributed by atoms with Crippen LogP contribution < -0.4 is 10.6 Å². The van der Waals surface area contributed by atoms with E-state index in [4.69, 9.17) is 9.47 Å². The van der Waals surface area contributed by atoms with Gasteiger partial charge in [0.2, 0.25) is 0 Å². The van der Waals surface area contributed by atoms with Crippen molar-refractivity contribution in [3.8, 4) is 0 Å². The van der Waals surface area contributed by atoms with Crippen molar-refractivity contribution >= 4 is 18.0 Å². The number of methoxy groups -OCH3 is 2. The van der Waals surface area contributed by atoms with Crippen LogP contribution in [0.25, 0.3) is 0 Å². The van der Waals surface area contributed by atoms with Gasteiger partial charge in [-0.05, 0) is 55.5 Å². The van der Waals surface area contributed by atoms with Gasteiger partial charge in [0.1, 0.15) is 6.04 Å². The van der Waals surface area contributed by atoms with Gasteiger partial charge in [-0.1, -0.05) is 12.1 Å². The number of hydrogen-bond donors (Lipinski definition) is 3. The number of β-amino-alcohol motifs (C(OH)–C–C–N with tert-alkyl or cyclic N) is 1. The second-order valence-corrected chi connectivity index (χ2v) is 11.0. The standard InChI is InChI=1S/C30H35F2N5O6/c1-42-16-24-26(28(39)43-2)27(18-8-11-20(31)21(32)13-18)37(30(41)35-24)29(40)34-23-14-36(15-25(23)38)19-9-6-17(7-10-19)22-5-3-4-12-33-22/h3-5,8,11-13,17,19,23,25,27,38H,6-7,9-10,14-16H2,1-2H3,(H,34,40)(H,35,41). The summed E-state index contributed by atoms with van der Waals surface area (Å²) in [5, 5.41) is 16.1. The third-order valence-corrected chi connectivity index (χ3v) is 8.45. The number of aliphatic hydroxyl groups excluding tert-OH is 1. The van der Waals surface area contributed by atoms with Crippen molar-refractivity contribution in [2.75, 3.05) is 33.9 Å². The lowest BCUT2D eigenvalue weighted by Crippen LogP contribution is -2.58. The fourth-order valence-electron chi connectivity index (χ4n) is 6.32. The van der Waals surface area contributed by atoms with Crippen molar-refractivity contribution in [3.05, 3.63) is 76.8 Å². The van der Waals surface area contributed by atoms with Gasteiger partial charge in [-0.2, -0.15) is 0 Å². The number of aliphatic hydroxyl groups is 1. The predicted molar refractivity (Wildman–Crippen MR) is 150 cm³/mol. The second kappa shape index (κ2) is 13.1. The molecule has 1 aromatic heterocycles. The van der Waals surface area contributed by atoms with Crippen LogP contribution in [0.1, 0.15) is 48.9 Å². The van der Waals surface area contributed by atoms with E-state index in [0.29, 0.717) is 23.9 Å². The van der Waals surface area contributed by atoms with Crippen LogP contribution in [0.2, 0.25) is 0 Å². The molecule has 1 aliphatic carbocycles. The van der Waals surface area contributed by atoms with Gasteiger partial charge < -0.3 is 25.2 Å². The number of carbonyl (C=O) groups is 3. The molecule has 43 heavy (non-hydrogen) atoms. The fraction of sp³-hybridized carbons (Fsp3) is 0.467. The van der Waals surface area contributed by atoms with Crippen molar-refractivity contribution in [2.24, 2.45) is 0 Å². The normalized spacial score (nSPS) is 26.3. The van der Waals surface area contributed by atoms with Gasteiger partial charge in [0.05, 0.1) is 37.1 Å². The van der Waals surface area contributed by atoms with Crippen molar-refractivity contribution in [2.45, 2.75) is 55.8 Å². The zero-order chi connectivity index (χ0) is 30.7. The topological polar surface area (TPSA) is 133 Å². The highest BCUT2D eigenvalue weighted by atomic mass is 19.2. The third kappa shape index (κ3) is 6.38. The molecule has 13 heteroatoms. The Bertz CT molecular complexity index is 1380. The SMILES string of the molecule is COCC1=C(C(=O)OC)C(c2ccc(F)c(F)c2)N(C(=O)NC2CN(C3CCC(c4ccccn4)CC3)CC2O)C(=O)N1. The van der Waals surface area contributed by atoms with Gasteiger partial charge in [0.15, 0.2) is 11.6 Å². The summed E-state index contributed by atoms with van der Waals surface area (Å²) in [6, 6.07) is 4.98. The first-order valence-electron chi connectivity index (χ1n) is 14.2. The summed E-state index contributed by atoms with van der Waals surface area (Å²) < 4.78 is 38.2. The van der Waals surface area contributed by atoms with Gasteiger partial charge in [0, 0.05) is 44.0 Å². The number of nitrogens with zero attached hydrogens (tertiary/aromatic N) is 3. The van der Waals surface area contributed by atoms with E-state index in [1.54, 1.807) is 6.20 Å². The molecule has 2 aliphatic heterocycles. The molecule has 0 bridgehead atoms. The summed E-state index contributed by atoms with van der Waals surface area (Å²) >= 11 is 0. The van der Waals surface area contributed by atoms with Crippen molar-refractivity contribution < 1.29 is 37.7 Å². The van der Waals surface area contributed by atoms with Crippen LogP contribution in [0, 0.1) is 11.6 Å². The third-order valence-electron chi connectivity index (χ3n) is 8.45. The summed E-state index contributed by atoms with van der Waals surface area (Å²) in [6.07, 6.45) is 4.64. The number of pyridine rings is 1. The van der Waals surface area contributed by atoms with E-state index in [0.717, 1.165) is 50.6 Å². The number of likely N-dealkylation sites (tertiary alicyclic amines) is 1. The smallest absolute Gasteiger partial charge is 0.338 e. The maximum atomic E-state index is 14.3. The Morgan fingerprint density at radius 1 is 1.09 bits per heavy atom. The number of aromatic nitrogens is 1. The Morgan fingerprint density at radius 2 is 1.86 bits per heavy atom. The maximum Gasteiger partial charge on any atom is 0.338 e. The van der Waals surface area contributed by atoms with Gasteiger partial charge in [0.25, 0.3) is 0 Å². The van der Waals surface area contributed by atoms with E-state index in [1.807, 2.05) is 18.2 Å². The molecule has 3 atom stereocenters. The number of nitrogens with one attached hydrogen (secondary N) is 2. The van der Waals surface area contributed by atoms with Crippen LogP contribution >= 0.6 is 0 Å². The molecule has 0 radical (unpaired) electrons. The Hall–Kier alpha value is -3.94. The number of rotatable bonds is 7. The largest absolute Gasteiger partial charge is 0.466 e. The summed E-state index contributed by atoms with van der Waals surface area (Å²) in [6.45, 7) is 0.477. The van der Waals surface area contributed by atoms with Gasteiger partial charge >= 0.3 is 18.0 Å². The molecule has 4 amide bonds. The van der Waals surface area contributed by atoms with E-state index < -0.39 is 47.9 Å². The molecular weight excluding hydrogens is 564 g/mol. The van der Waals surface area contributed by atoms with E-state index in [1.165, 1.54) is 13.2 Å². The molecule has 3 heterocycles. The minimum Gasteiger partial charge on any atom is -0.466 e. The van der Waals surface area contributed by atoms with Gasteiger partial charge in [-0.3, -0.25) is 9.88 Å². The average molecular weight is 600 g/mol. The van der Waals surface area contributed by atoms with Crippen molar-refractivity contribution in [1.29, 1.82) is 0 Å². The van der Waals surface area contributed by atoms with Crippen molar-refractivity contribution in [1.82, 2.24) is 25.4 Å². The Kier molecular flexibility index (Phi) is 9.33. The lowest BCUT2D eigenvalue weighted by atomic mass is 9.83. The molecule has 3 unspecified atom stereocenters. The monoisotopic (exact) mass is 599 g/mol. The number of imide groups is 1. The van der Waals surface area contributed by atoms with E-state index in [9.17, 15) is 28.3 Å².